The molecule has 3 saturated heterocycles. The van der Waals surface area contributed by atoms with Gasteiger partial charge in [0.15, 0.2) is 0 Å². The number of rotatable bonds is 2. The van der Waals surface area contributed by atoms with Gasteiger partial charge < -0.3 is 10.5 Å². The molecule has 16 heavy (non-hydrogen) atoms. The highest BCUT2D eigenvalue weighted by Gasteiger charge is 2.35. The molecule has 3 heteroatoms. The summed E-state index contributed by atoms with van der Waals surface area (Å²) in [7, 11) is 0. The van der Waals surface area contributed by atoms with Crippen molar-refractivity contribution in [1.29, 1.82) is 0 Å². The first kappa shape index (κ1) is 9.97. The highest BCUT2D eigenvalue weighted by molar-refractivity contribution is 5.41. The van der Waals surface area contributed by atoms with Crippen LogP contribution in [-0.2, 0) is 0 Å². The maximum atomic E-state index is 6.05. The van der Waals surface area contributed by atoms with E-state index in [1.54, 1.807) is 0 Å². The molecule has 2 bridgehead atoms. The van der Waals surface area contributed by atoms with Crippen molar-refractivity contribution in [2.24, 2.45) is 5.92 Å². The lowest BCUT2D eigenvalue weighted by atomic mass is 9.86. The van der Waals surface area contributed by atoms with Crippen molar-refractivity contribution in [3.8, 4) is 5.75 Å². The second kappa shape index (κ2) is 3.98. The first-order valence-corrected chi connectivity index (χ1v) is 6.06. The number of piperidine rings is 3. The van der Waals surface area contributed by atoms with Crippen molar-refractivity contribution in [1.82, 2.24) is 4.90 Å². The fraction of sp³-hybridized carbons (Fsp3) is 0.538. The molecule has 2 N–H and O–H groups in total. The van der Waals surface area contributed by atoms with E-state index >= 15 is 0 Å². The zero-order valence-electron chi connectivity index (χ0n) is 9.43. The van der Waals surface area contributed by atoms with Gasteiger partial charge in [-0.25, -0.2) is 0 Å². The van der Waals surface area contributed by atoms with Crippen LogP contribution < -0.4 is 10.5 Å². The van der Waals surface area contributed by atoms with E-state index in [9.17, 15) is 0 Å². The summed E-state index contributed by atoms with van der Waals surface area (Å²) in [4.78, 5) is 2.50. The molecule has 4 rings (SSSR count). The summed E-state index contributed by atoms with van der Waals surface area (Å²) in [6, 6.07) is 7.73. The van der Waals surface area contributed by atoms with Crippen LogP contribution in [0.15, 0.2) is 24.3 Å². The minimum absolute atomic E-state index is 0.381. The van der Waals surface area contributed by atoms with Crippen molar-refractivity contribution in [3.63, 3.8) is 0 Å². The third-order valence-corrected chi connectivity index (χ3v) is 3.76. The van der Waals surface area contributed by atoms with Crippen molar-refractivity contribution in [2.45, 2.75) is 18.9 Å². The Labute approximate surface area is 96.2 Å². The molecule has 3 nitrogen and oxygen atoms in total. The standard InChI is InChI=1S/C13H18N2O/c14-11-1-3-12(4-2-11)16-13-9-15-7-5-10(13)6-8-15/h1-4,10,13H,5-9,14H2. The summed E-state index contributed by atoms with van der Waals surface area (Å²) < 4.78 is 6.05. The van der Waals surface area contributed by atoms with Crippen LogP contribution in [0.4, 0.5) is 5.69 Å². The molecule has 0 spiro atoms. The Kier molecular flexibility index (Phi) is 2.48. The molecule has 0 aromatic heterocycles. The van der Waals surface area contributed by atoms with Gasteiger partial charge in [-0.3, -0.25) is 4.90 Å². The Morgan fingerprint density at radius 3 is 2.38 bits per heavy atom. The van der Waals surface area contributed by atoms with E-state index in [1.165, 1.54) is 25.9 Å². The molecule has 1 atom stereocenters. The number of fused-ring (bicyclic) bond motifs is 3. The maximum Gasteiger partial charge on any atom is 0.119 e. The van der Waals surface area contributed by atoms with Gasteiger partial charge in [-0.05, 0) is 56.1 Å². The van der Waals surface area contributed by atoms with Crippen LogP contribution in [0.1, 0.15) is 12.8 Å². The second-order valence-corrected chi connectivity index (χ2v) is 4.86. The predicted octanol–water partition coefficient (Wildman–Crippen LogP) is 1.74. The van der Waals surface area contributed by atoms with Crippen molar-refractivity contribution in [3.05, 3.63) is 24.3 Å². The lowest BCUT2D eigenvalue weighted by molar-refractivity contribution is -0.00775. The molecule has 1 aromatic carbocycles. The molecule has 0 aliphatic carbocycles. The van der Waals surface area contributed by atoms with E-state index < -0.39 is 0 Å². The molecule has 86 valence electrons. The monoisotopic (exact) mass is 218 g/mol. The van der Waals surface area contributed by atoms with Crippen LogP contribution in [0.5, 0.6) is 5.75 Å². The van der Waals surface area contributed by atoms with E-state index in [0.717, 1.165) is 23.9 Å². The first-order valence-electron chi connectivity index (χ1n) is 6.06. The Hall–Kier alpha value is -1.22. The van der Waals surface area contributed by atoms with E-state index in [-0.39, 0.29) is 0 Å². The Morgan fingerprint density at radius 2 is 1.81 bits per heavy atom. The number of ether oxygens (including phenoxy) is 1. The Morgan fingerprint density at radius 1 is 1.12 bits per heavy atom. The number of nitrogens with two attached hydrogens (primary N) is 1. The molecular weight excluding hydrogens is 200 g/mol. The van der Waals surface area contributed by atoms with Crippen molar-refractivity contribution < 1.29 is 4.74 Å². The lowest BCUT2D eigenvalue weighted by Gasteiger charge is -2.44. The highest BCUT2D eigenvalue weighted by Crippen LogP contribution is 2.30. The van der Waals surface area contributed by atoms with Gasteiger partial charge in [0.2, 0.25) is 0 Å². The van der Waals surface area contributed by atoms with Crippen LogP contribution in [0.3, 0.4) is 0 Å². The Balaban J connectivity index is 1.68. The van der Waals surface area contributed by atoms with E-state index in [4.69, 9.17) is 10.5 Å². The fourth-order valence-electron chi connectivity index (χ4n) is 2.77. The molecule has 1 aromatic rings. The van der Waals surface area contributed by atoms with Gasteiger partial charge in [0.25, 0.3) is 0 Å². The molecule has 3 aliphatic heterocycles. The highest BCUT2D eigenvalue weighted by atomic mass is 16.5. The third kappa shape index (κ3) is 1.87. The van der Waals surface area contributed by atoms with Gasteiger partial charge in [-0.2, -0.15) is 0 Å². The minimum Gasteiger partial charge on any atom is -0.489 e. The van der Waals surface area contributed by atoms with Gasteiger partial charge >= 0.3 is 0 Å². The predicted molar refractivity (Wildman–Crippen MR) is 64.4 cm³/mol. The van der Waals surface area contributed by atoms with Gasteiger partial charge in [0.05, 0.1) is 0 Å². The summed E-state index contributed by atoms with van der Waals surface area (Å²) in [6.45, 7) is 3.60. The summed E-state index contributed by atoms with van der Waals surface area (Å²) in [5.41, 5.74) is 6.45. The third-order valence-electron chi connectivity index (χ3n) is 3.76. The van der Waals surface area contributed by atoms with Gasteiger partial charge in [0, 0.05) is 12.2 Å². The van der Waals surface area contributed by atoms with Gasteiger partial charge in [0.1, 0.15) is 11.9 Å². The van der Waals surface area contributed by atoms with Crippen LogP contribution >= 0.6 is 0 Å². The molecule has 3 heterocycles. The minimum atomic E-state index is 0.381. The largest absolute Gasteiger partial charge is 0.489 e. The van der Waals surface area contributed by atoms with Crippen LogP contribution in [0.2, 0.25) is 0 Å². The number of nitrogen functional groups attached to an aromatic ring is 1. The molecule has 0 amide bonds. The number of nitrogens with zero attached hydrogens (tertiary/aromatic N) is 1. The maximum absolute atomic E-state index is 6.05. The number of benzene rings is 1. The number of anilines is 1. The molecule has 3 aliphatic rings. The quantitative estimate of drug-likeness (QED) is 0.768. The van der Waals surface area contributed by atoms with Crippen LogP contribution in [0.25, 0.3) is 0 Å². The van der Waals surface area contributed by atoms with Crippen LogP contribution in [-0.4, -0.2) is 30.6 Å². The number of hydrogen-bond acceptors (Lipinski definition) is 3. The zero-order chi connectivity index (χ0) is 11.0. The Bertz CT molecular complexity index is 355. The zero-order valence-corrected chi connectivity index (χ0v) is 9.43. The van der Waals surface area contributed by atoms with E-state index in [0.29, 0.717) is 6.10 Å². The summed E-state index contributed by atoms with van der Waals surface area (Å²) in [6.07, 6.45) is 2.96. The molecule has 0 radical (unpaired) electrons. The summed E-state index contributed by atoms with van der Waals surface area (Å²) >= 11 is 0. The first-order chi connectivity index (χ1) is 7.81. The fourth-order valence-corrected chi connectivity index (χ4v) is 2.77. The van der Waals surface area contributed by atoms with Gasteiger partial charge in [-0.1, -0.05) is 0 Å². The summed E-state index contributed by atoms with van der Waals surface area (Å²) in [5, 5.41) is 0. The molecule has 3 fully saturated rings. The lowest BCUT2D eigenvalue weighted by Crippen LogP contribution is -2.52. The molecular formula is C13H18N2O. The average molecular weight is 218 g/mol. The number of hydrogen-bond donors (Lipinski definition) is 1. The van der Waals surface area contributed by atoms with Crippen molar-refractivity contribution >= 4 is 5.69 Å². The topological polar surface area (TPSA) is 38.5 Å². The SMILES string of the molecule is Nc1ccc(OC2CN3CCC2CC3)cc1. The normalized spacial score (nSPS) is 32.6. The molecule has 1 unspecified atom stereocenters. The van der Waals surface area contributed by atoms with E-state index in [2.05, 4.69) is 4.90 Å². The van der Waals surface area contributed by atoms with Crippen molar-refractivity contribution in [2.75, 3.05) is 25.4 Å². The van der Waals surface area contributed by atoms with Crippen LogP contribution in [0, 0.1) is 5.92 Å². The van der Waals surface area contributed by atoms with E-state index in [1.807, 2.05) is 24.3 Å². The average Bonchev–Trinajstić information content (AvgIpc) is 2.34. The second-order valence-electron chi connectivity index (χ2n) is 4.86. The summed E-state index contributed by atoms with van der Waals surface area (Å²) in [5.74, 6) is 1.70. The van der Waals surface area contributed by atoms with Gasteiger partial charge in [-0.15, -0.1) is 0 Å². The smallest absolute Gasteiger partial charge is 0.119 e. The molecule has 0 saturated carbocycles.